The van der Waals surface area contributed by atoms with Gasteiger partial charge >= 0.3 is 0 Å². The van der Waals surface area contributed by atoms with Gasteiger partial charge in [0.15, 0.2) is 0 Å². The summed E-state index contributed by atoms with van der Waals surface area (Å²) in [4.78, 5) is 27.9. The first-order chi connectivity index (χ1) is 12.1. The summed E-state index contributed by atoms with van der Waals surface area (Å²) in [5, 5.41) is 9.79. The Hall–Kier alpha value is -2.08. The number of aliphatic hydroxyl groups excluding tert-OH is 1. The fourth-order valence-corrected chi connectivity index (χ4v) is 3.42. The minimum absolute atomic E-state index is 0.0411. The quantitative estimate of drug-likeness (QED) is 0.895. The summed E-state index contributed by atoms with van der Waals surface area (Å²) in [7, 11) is 0. The van der Waals surface area contributed by atoms with Crippen LogP contribution in [0.3, 0.4) is 0 Å². The number of carbonyl (C=O) groups excluding carboxylic acids is 2. The van der Waals surface area contributed by atoms with E-state index in [2.05, 4.69) is 0 Å². The van der Waals surface area contributed by atoms with Gasteiger partial charge in [-0.25, -0.2) is 0 Å². The van der Waals surface area contributed by atoms with Crippen molar-refractivity contribution in [2.24, 2.45) is 0 Å². The second kappa shape index (κ2) is 8.34. The molecule has 2 fully saturated rings. The molecular formula is C19H26N2O4. The highest BCUT2D eigenvalue weighted by Gasteiger charge is 2.29. The Morgan fingerprint density at radius 2 is 1.80 bits per heavy atom. The van der Waals surface area contributed by atoms with E-state index in [-0.39, 0.29) is 24.5 Å². The molecule has 2 saturated heterocycles. The van der Waals surface area contributed by atoms with Crippen molar-refractivity contribution >= 4 is 11.8 Å². The Morgan fingerprint density at radius 1 is 1.08 bits per heavy atom. The third-order valence-corrected chi connectivity index (χ3v) is 4.92. The largest absolute Gasteiger partial charge is 0.490 e. The minimum Gasteiger partial charge on any atom is -0.490 e. The van der Waals surface area contributed by atoms with Gasteiger partial charge in [-0.2, -0.15) is 0 Å². The molecule has 2 aliphatic rings. The molecular weight excluding hydrogens is 320 g/mol. The van der Waals surface area contributed by atoms with Gasteiger partial charge in [-0.15, -0.1) is 0 Å². The number of hydrogen-bond acceptors (Lipinski definition) is 4. The summed E-state index contributed by atoms with van der Waals surface area (Å²) in [6.07, 6.45) is 2.89. The van der Waals surface area contributed by atoms with Crippen LogP contribution in [0.4, 0.5) is 0 Å². The molecule has 1 atom stereocenters. The molecule has 136 valence electrons. The number of aliphatic hydroxyl groups is 1. The Balaban J connectivity index is 1.47. The molecule has 0 saturated carbocycles. The molecule has 1 aromatic carbocycles. The predicted molar refractivity (Wildman–Crippen MR) is 93.1 cm³/mol. The second-order valence-electron chi connectivity index (χ2n) is 6.78. The Kier molecular flexibility index (Phi) is 5.91. The van der Waals surface area contributed by atoms with Gasteiger partial charge < -0.3 is 19.6 Å². The number of piperidine rings is 1. The van der Waals surface area contributed by atoms with Crippen LogP contribution >= 0.6 is 0 Å². The Bertz CT molecular complexity index is 584. The first-order valence-electron chi connectivity index (χ1n) is 9.10. The summed E-state index contributed by atoms with van der Waals surface area (Å²) >= 11 is 0. The van der Waals surface area contributed by atoms with E-state index in [1.807, 2.05) is 30.3 Å². The number of hydrogen-bond donors (Lipinski definition) is 1. The first kappa shape index (κ1) is 17.7. The molecule has 0 aliphatic carbocycles. The number of carbonyl (C=O) groups is 2. The maximum Gasteiger partial charge on any atom is 0.251 e. The fraction of sp³-hybridized carbons (Fsp3) is 0.579. The lowest BCUT2D eigenvalue weighted by Crippen LogP contribution is -2.48. The highest BCUT2D eigenvalue weighted by atomic mass is 16.5. The Labute approximate surface area is 148 Å². The number of likely N-dealkylation sites (tertiary alicyclic amines) is 2. The highest BCUT2D eigenvalue weighted by molar-refractivity contribution is 5.87. The third kappa shape index (κ3) is 4.72. The molecule has 6 nitrogen and oxygen atoms in total. The Morgan fingerprint density at radius 3 is 2.52 bits per heavy atom. The van der Waals surface area contributed by atoms with Crippen LogP contribution in [0.5, 0.6) is 5.75 Å². The third-order valence-electron chi connectivity index (χ3n) is 4.92. The van der Waals surface area contributed by atoms with Crippen molar-refractivity contribution in [1.82, 2.24) is 9.80 Å². The molecule has 1 aromatic rings. The minimum atomic E-state index is -0.958. The van der Waals surface area contributed by atoms with Gasteiger partial charge in [0, 0.05) is 32.5 Å². The molecule has 0 aromatic heterocycles. The summed E-state index contributed by atoms with van der Waals surface area (Å²) < 4.78 is 5.95. The molecule has 3 rings (SSSR count). The first-order valence-corrected chi connectivity index (χ1v) is 9.10. The van der Waals surface area contributed by atoms with Gasteiger partial charge in [0.05, 0.1) is 6.54 Å². The van der Waals surface area contributed by atoms with Crippen LogP contribution < -0.4 is 4.74 Å². The highest BCUT2D eigenvalue weighted by Crippen LogP contribution is 2.19. The van der Waals surface area contributed by atoms with Crippen LogP contribution in [0.25, 0.3) is 0 Å². The molecule has 1 unspecified atom stereocenters. The SMILES string of the molecule is O=C(CN1CCCCC(O)C1=O)N1CCC(Oc2ccccc2)CC1. The van der Waals surface area contributed by atoms with Crippen LogP contribution in [0.2, 0.25) is 0 Å². The average Bonchev–Trinajstić information content (AvgIpc) is 2.79. The van der Waals surface area contributed by atoms with Gasteiger partial charge in [0.25, 0.3) is 5.91 Å². The zero-order valence-electron chi connectivity index (χ0n) is 14.5. The van der Waals surface area contributed by atoms with Gasteiger partial charge in [0.1, 0.15) is 18.0 Å². The van der Waals surface area contributed by atoms with Gasteiger partial charge in [-0.3, -0.25) is 9.59 Å². The van der Waals surface area contributed by atoms with E-state index < -0.39 is 6.10 Å². The van der Waals surface area contributed by atoms with E-state index >= 15 is 0 Å². The van der Waals surface area contributed by atoms with E-state index in [4.69, 9.17) is 4.74 Å². The van der Waals surface area contributed by atoms with E-state index in [0.29, 0.717) is 26.1 Å². The number of rotatable bonds is 4. The van der Waals surface area contributed by atoms with E-state index in [9.17, 15) is 14.7 Å². The number of nitrogens with zero attached hydrogens (tertiary/aromatic N) is 2. The van der Waals surface area contributed by atoms with Crippen LogP contribution in [0.15, 0.2) is 30.3 Å². The van der Waals surface area contributed by atoms with Crippen molar-refractivity contribution in [1.29, 1.82) is 0 Å². The van der Waals surface area contributed by atoms with E-state index in [1.165, 1.54) is 4.90 Å². The van der Waals surface area contributed by atoms with Gasteiger partial charge in [-0.1, -0.05) is 18.2 Å². The topological polar surface area (TPSA) is 70.1 Å². The monoisotopic (exact) mass is 346 g/mol. The summed E-state index contributed by atoms with van der Waals surface area (Å²) in [6.45, 7) is 1.90. The fourth-order valence-electron chi connectivity index (χ4n) is 3.42. The van der Waals surface area contributed by atoms with Crippen molar-refractivity contribution in [3.8, 4) is 5.75 Å². The number of amides is 2. The van der Waals surface area contributed by atoms with E-state index in [0.717, 1.165) is 31.4 Å². The second-order valence-corrected chi connectivity index (χ2v) is 6.78. The van der Waals surface area contributed by atoms with Crippen molar-refractivity contribution in [3.63, 3.8) is 0 Å². The summed E-state index contributed by atoms with van der Waals surface area (Å²) in [6, 6.07) is 9.72. The zero-order valence-corrected chi connectivity index (χ0v) is 14.5. The normalized spacial score (nSPS) is 22.6. The molecule has 0 bridgehead atoms. The van der Waals surface area contributed by atoms with Crippen molar-refractivity contribution < 1.29 is 19.4 Å². The van der Waals surface area contributed by atoms with Crippen molar-refractivity contribution in [2.45, 2.75) is 44.3 Å². The smallest absolute Gasteiger partial charge is 0.251 e. The maximum atomic E-state index is 12.5. The maximum absolute atomic E-state index is 12.5. The van der Waals surface area contributed by atoms with Crippen LogP contribution in [0, 0.1) is 0 Å². The molecule has 6 heteroatoms. The zero-order chi connectivity index (χ0) is 17.6. The average molecular weight is 346 g/mol. The summed E-state index contributed by atoms with van der Waals surface area (Å²) in [5.74, 6) is 0.505. The number of benzene rings is 1. The predicted octanol–water partition coefficient (Wildman–Crippen LogP) is 1.43. The van der Waals surface area contributed by atoms with Crippen LogP contribution in [0.1, 0.15) is 32.1 Å². The lowest BCUT2D eigenvalue weighted by Gasteiger charge is -2.33. The van der Waals surface area contributed by atoms with Gasteiger partial charge in [0.2, 0.25) is 5.91 Å². The molecule has 2 heterocycles. The van der Waals surface area contributed by atoms with Gasteiger partial charge in [-0.05, 0) is 31.4 Å². The van der Waals surface area contributed by atoms with Crippen molar-refractivity contribution in [2.75, 3.05) is 26.2 Å². The van der Waals surface area contributed by atoms with Crippen LogP contribution in [-0.2, 0) is 9.59 Å². The number of para-hydroxylation sites is 1. The lowest BCUT2D eigenvalue weighted by molar-refractivity contribution is -0.146. The standard InChI is InChI=1S/C19H26N2O4/c22-17-8-4-5-11-21(19(17)24)14-18(23)20-12-9-16(10-13-20)25-15-6-2-1-3-7-15/h1-3,6-7,16-17,22H,4-5,8-14H2. The molecule has 0 radical (unpaired) electrons. The molecule has 2 amide bonds. The van der Waals surface area contributed by atoms with Crippen LogP contribution in [-0.4, -0.2) is 65.1 Å². The molecule has 0 spiro atoms. The summed E-state index contributed by atoms with van der Waals surface area (Å²) in [5.41, 5.74) is 0. The molecule has 2 aliphatic heterocycles. The molecule has 25 heavy (non-hydrogen) atoms. The molecule has 1 N–H and O–H groups in total. The lowest BCUT2D eigenvalue weighted by atomic mass is 10.1. The van der Waals surface area contributed by atoms with E-state index in [1.54, 1.807) is 4.90 Å². The van der Waals surface area contributed by atoms with Crippen molar-refractivity contribution in [3.05, 3.63) is 30.3 Å². The number of ether oxygens (including phenoxy) is 1.